The summed E-state index contributed by atoms with van der Waals surface area (Å²) in [7, 11) is 0. The van der Waals surface area contributed by atoms with Gasteiger partial charge in [-0.05, 0) is 43.4 Å². The first-order valence-corrected chi connectivity index (χ1v) is 7.76. The van der Waals surface area contributed by atoms with E-state index in [9.17, 15) is 5.11 Å². The second-order valence-corrected chi connectivity index (χ2v) is 5.23. The lowest BCUT2D eigenvalue weighted by Crippen LogP contribution is -2.35. The van der Waals surface area contributed by atoms with Crippen LogP contribution in [-0.2, 0) is 6.42 Å². The third kappa shape index (κ3) is 5.23. The summed E-state index contributed by atoms with van der Waals surface area (Å²) < 4.78 is 0. The molecule has 0 spiro atoms. The van der Waals surface area contributed by atoms with Gasteiger partial charge in [-0.15, -0.1) is 0 Å². The molecule has 0 aliphatic rings. The van der Waals surface area contributed by atoms with Crippen LogP contribution in [0.2, 0.25) is 0 Å². The van der Waals surface area contributed by atoms with Gasteiger partial charge in [0.25, 0.3) is 0 Å². The van der Waals surface area contributed by atoms with Crippen molar-refractivity contribution in [2.45, 2.75) is 65.5 Å². The van der Waals surface area contributed by atoms with Gasteiger partial charge in [-0.2, -0.15) is 0 Å². The molecular formula is C17H29NO. The molecule has 0 aromatic heterocycles. The lowest BCUT2D eigenvalue weighted by molar-refractivity contribution is 0.157. The molecule has 0 heterocycles. The van der Waals surface area contributed by atoms with Crippen LogP contribution in [0.3, 0.4) is 0 Å². The SMILES string of the molecule is CCCCc1ccc(N(CCC)C(O)CCC)cc1. The normalized spacial score (nSPS) is 12.4. The van der Waals surface area contributed by atoms with E-state index in [1.807, 2.05) is 0 Å². The molecule has 0 saturated carbocycles. The number of hydrogen-bond acceptors (Lipinski definition) is 2. The molecule has 1 N–H and O–H groups in total. The fraction of sp³-hybridized carbons (Fsp3) is 0.647. The number of aliphatic hydroxyl groups excluding tert-OH is 1. The van der Waals surface area contributed by atoms with Crippen LogP contribution in [0.25, 0.3) is 0 Å². The van der Waals surface area contributed by atoms with E-state index < -0.39 is 0 Å². The number of nitrogens with zero attached hydrogens (tertiary/aromatic N) is 1. The molecule has 108 valence electrons. The number of unbranched alkanes of at least 4 members (excludes halogenated alkanes) is 1. The number of benzene rings is 1. The van der Waals surface area contributed by atoms with Gasteiger partial charge >= 0.3 is 0 Å². The second-order valence-electron chi connectivity index (χ2n) is 5.23. The molecule has 0 aliphatic heterocycles. The summed E-state index contributed by atoms with van der Waals surface area (Å²) in [6.45, 7) is 7.40. The molecule has 1 atom stereocenters. The summed E-state index contributed by atoms with van der Waals surface area (Å²) in [6.07, 6.45) is 6.18. The van der Waals surface area contributed by atoms with Crippen molar-refractivity contribution in [2.24, 2.45) is 0 Å². The Morgan fingerprint density at radius 2 is 1.68 bits per heavy atom. The first-order valence-electron chi connectivity index (χ1n) is 7.76. The van der Waals surface area contributed by atoms with Crippen LogP contribution in [-0.4, -0.2) is 17.9 Å². The lowest BCUT2D eigenvalue weighted by Gasteiger charge is -2.30. The van der Waals surface area contributed by atoms with Crippen LogP contribution in [0.4, 0.5) is 5.69 Å². The molecule has 1 rings (SSSR count). The fourth-order valence-corrected chi connectivity index (χ4v) is 2.34. The highest BCUT2D eigenvalue weighted by molar-refractivity contribution is 5.48. The summed E-state index contributed by atoms with van der Waals surface area (Å²) >= 11 is 0. The number of aryl methyl sites for hydroxylation is 1. The average Bonchev–Trinajstić information content (AvgIpc) is 2.43. The minimum absolute atomic E-state index is 0.355. The van der Waals surface area contributed by atoms with Crippen molar-refractivity contribution in [3.63, 3.8) is 0 Å². The zero-order valence-electron chi connectivity index (χ0n) is 12.7. The molecule has 1 unspecified atom stereocenters. The van der Waals surface area contributed by atoms with Gasteiger partial charge in [0.2, 0.25) is 0 Å². The van der Waals surface area contributed by atoms with Gasteiger partial charge in [-0.3, -0.25) is 0 Å². The van der Waals surface area contributed by atoms with E-state index in [-0.39, 0.29) is 6.23 Å². The van der Waals surface area contributed by atoms with Crippen LogP contribution in [0, 0.1) is 0 Å². The third-order valence-electron chi connectivity index (χ3n) is 3.46. The number of aliphatic hydroxyl groups is 1. The predicted octanol–water partition coefficient (Wildman–Crippen LogP) is 4.36. The molecule has 0 radical (unpaired) electrons. The molecule has 0 saturated heterocycles. The highest BCUT2D eigenvalue weighted by Gasteiger charge is 2.14. The number of hydrogen-bond donors (Lipinski definition) is 1. The molecule has 0 aliphatic carbocycles. The number of rotatable bonds is 9. The Kier molecular flexibility index (Phi) is 7.57. The van der Waals surface area contributed by atoms with Gasteiger partial charge in [0, 0.05) is 12.2 Å². The number of anilines is 1. The van der Waals surface area contributed by atoms with Crippen molar-refractivity contribution in [2.75, 3.05) is 11.4 Å². The Balaban J connectivity index is 2.73. The van der Waals surface area contributed by atoms with Crippen LogP contribution < -0.4 is 4.90 Å². The van der Waals surface area contributed by atoms with E-state index >= 15 is 0 Å². The van der Waals surface area contributed by atoms with E-state index in [2.05, 4.69) is 49.9 Å². The molecule has 0 bridgehead atoms. The Morgan fingerprint density at radius 1 is 1.00 bits per heavy atom. The fourth-order valence-electron chi connectivity index (χ4n) is 2.34. The molecule has 0 fully saturated rings. The molecular weight excluding hydrogens is 234 g/mol. The van der Waals surface area contributed by atoms with E-state index in [0.717, 1.165) is 37.9 Å². The van der Waals surface area contributed by atoms with Gasteiger partial charge in [0.1, 0.15) is 6.23 Å². The van der Waals surface area contributed by atoms with Crippen molar-refractivity contribution in [3.05, 3.63) is 29.8 Å². The van der Waals surface area contributed by atoms with Crippen LogP contribution in [0.15, 0.2) is 24.3 Å². The zero-order valence-corrected chi connectivity index (χ0v) is 12.7. The summed E-state index contributed by atoms with van der Waals surface area (Å²) in [5.41, 5.74) is 2.54. The smallest absolute Gasteiger partial charge is 0.126 e. The monoisotopic (exact) mass is 263 g/mol. The van der Waals surface area contributed by atoms with Crippen molar-refractivity contribution in [1.29, 1.82) is 0 Å². The second kappa shape index (κ2) is 8.98. The summed E-state index contributed by atoms with van der Waals surface area (Å²) in [6, 6.07) is 8.71. The summed E-state index contributed by atoms with van der Waals surface area (Å²) in [5.74, 6) is 0. The van der Waals surface area contributed by atoms with E-state index in [1.54, 1.807) is 0 Å². The summed E-state index contributed by atoms with van der Waals surface area (Å²) in [5, 5.41) is 10.2. The van der Waals surface area contributed by atoms with Gasteiger partial charge in [0.05, 0.1) is 0 Å². The highest BCUT2D eigenvalue weighted by atomic mass is 16.3. The maximum Gasteiger partial charge on any atom is 0.126 e. The van der Waals surface area contributed by atoms with Crippen molar-refractivity contribution >= 4 is 5.69 Å². The van der Waals surface area contributed by atoms with Gasteiger partial charge in [-0.1, -0.05) is 45.7 Å². The Labute approximate surface area is 118 Å². The van der Waals surface area contributed by atoms with E-state index in [0.29, 0.717) is 0 Å². The molecule has 2 nitrogen and oxygen atoms in total. The maximum atomic E-state index is 10.2. The summed E-state index contributed by atoms with van der Waals surface area (Å²) in [4.78, 5) is 2.12. The third-order valence-corrected chi connectivity index (χ3v) is 3.46. The lowest BCUT2D eigenvalue weighted by atomic mass is 10.1. The highest BCUT2D eigenvalue weighted by Crippen LogP contribution is 2.20. The quantitative estimate of drug-likeness (QED) is 0.669. The minimum Gasteiger partial charge on any atom is -0.374 e. The zero-order chi connectivity index (χ0) is 14.1. The maximum absolute atomic E-state index is 10.2. The predicted molar refractivity (Wildman–Crippen MR) is 83.6 cm³/mol. The molecule has 0 amide bonds. The van der Waals surface area contributed by atoms with Gasteiger partial charge in [-0.25, -0.2) is 0 Å². The van der Waals surface area contributed by atoms with Crippen LogP contribution in [0.5, 0.6) is 0 Å². The van der Waals surface area contributed by atoms with Crippen molar-refractivity contribution in [3.8, 4) is 0 Å². The van der Waals surface area contributed by atoms with Crippen LogP contribution in [0.1, 0.15) is 58.4 Å². The van der Waals surface area contributed by atoms with Gasteiger partial charge in [0.15, 0.2) is 0 Å². The van der Waals surface area contributed by atoms with Crippen molar-refractivity contribution in [1.82, 2.24) is 0 Å². The molecule has 19 heavy (non-hydrogen) atoms. The first kappa shape index (κ1) is 16.0. The van der Waals surface area contributed by atoms with Crippen LogP contribution >= 0.6 is 0 Å². The molecule has 2 heteroatoms. The minimum atomic E-state index is -0.355. The Hall–Kier alpha value is -1.02. The Morgan fingerprint density at radius 3 is 2.21 bits per heavy atom. The average molecular weight is 263 g/mol. The molecule has 1 aromatic rings. The largest absolute Gasteiger partial charge is 0.374 e. The topological polar surface area (TPSA) is 23.5 Å². The van der Waals surface area contributed by atoms with E-state index in [1.165, 1.54) is 18.4 Å². The first-order chi connectivity index (χ1) is 9.22. The van der Waals surface area contributed by atoms with E-state index in [4.69, 9.17) is 0 Å². The Bertz CT molecular complexity index is 334. The molecule has 1 aromatic carbocycles. The van der Waals surface area contributed by atoms with Crippen molar-refractivity contribution < 1.29 is 5.11 Å². The standard InChI is InChI=1S/C17H29NO/c1-4-7-9-15-10-12-16(13-11-15)18(14-6-3)17(19)8-5-2/h10-13,17,19H,4-9,14H2,1-3H3. The van der Waals surface area contributed by atoms with Gasteiger partial charge < -0.3 is 10.0 Å².